The summed E-state index contributed by atoms with van der Waals surface area (Å²) < 4.78 is 5.42. The average Bonchev–Trinajstić information content (AvgIpc) is 2.66. The van der Waals surface area contributed by atoms with Crippen LogP contribution in [0.2, 0.25) is 0 Å². The molecule has 5 aliphatic rings. The van der Waals surface area contributed by atoms with E-state index >= 15 is 0 Å². The SMILES string of the molecule is N#CCCN(C(=O)COC(=O)[C@@H]1CC=CCC1)C12CC3CC(CC(C3)C1)C2. The maximum absolute atomic E-state index is 13.1. The second kappa shape index (κ2) is 7.66. The fourth-order valence-corrected chi connectivity index (χ4v) is 6.52. The standard InChI is InChI=1S/C22H30N2O3/c23-7-4-8-24(20(25)15-27-21(26)19-5-2-1-3-6-19)22-12-16-9-17(13-22)11-18(10-16)14-22/h1-2,16-19H,3-6,8-15H2/t16?,17?,18?,19-,22?/m1/s1. The summed E-state index contributed by atoms with van der Waals surface area (Å²) in [5, 5.41) is 9.09. The number of hydrogen-bond acceptors (Lipinski definition) is 4. The summed E-state index contributed by atoms with van der Waals surface area (Å²) in [6.07, 6.45) is 14.0. The van der Waals surface area contributed by atoms with E-state index in [0.717, 1.165) is 49.9 Å². The first-order valence-electron chi connectivity index (χ1n) is 10.6. The molecule has 0 aromatic carbocycles. The Hall–Kier alpha value is -1.83. The molecule has 0 N–H and O–H groups in total. The number of hydrogen-bond donors (Lipinski definition) is 0. The largest absolute Gasteiger partial charge is 0.455 e. The van der Waals surface area contributed by atoms with Gasteiger partial charge in [0.1, 0.15) is 0 Å². The third-order valence-electron chi connectivity index (χ3n) is 7.27. The molecule has 0 aromatic rings. The van der Waals surface area contributed by atoms with Crippen LogP contribution in [0.1, 0.15) is 64.2 Å². The number of esters is 1. The van der Waals surface area contributed by atoms with Crippen molar-refractivity contribution in [1.29, 1.82) is 5.26 Å². The van der Waals surface area contributed by atoms with Crippen LogP contribution in [0.4, 0.5) is 0 Å². The highest BCUT2D eigenvalue weighted by atomic mass is 16.5. The van der Waals surface area contributed by atoms with Gasteiger partial charge in [-0.3, -0.25) is 9.59 Å². The first-order chi connectivity index (χ1) is 13.1. The summed E-state index contributed by atoms with van der Waals surface area (Å²) in [5.41, 5.74) is -0.0946. The number of rotatable bonds is 6. The van der Waals surface area contributed by atoms with Gasteiger partial charge in [0.15, 0.2) is 6.61 Å². The molecule has 146 valence electrons. The zero-order valence-electron chi connectivity index (χ0n) is 16.1. The Morgan fingerprint density at radius 3 is 2.33 bits per heavy atom. The minimum atomic E-state index is -0.251. The minimum Gasteiger partial charge on any atom is -0.455 e. The Bertz CT molecular complexity index is 628. The molecule has 4 saturated carbocycles. The number of carbonyl (C=O) groups excluding carboxylic acids is 2. The van der Waals surface area contributed by atoms with Crippen LogP contribution in [0.3, 0.4) is 0 Å². The normalized spacial score (nSPS) is 36.3. The molecule has 5 rings (SSSR count). The number of allylic oxidation sites excluding steroid dienone is 2. The van der Waals surface area contributed by atoms with Crippen LogP contribution < -0.4 is 0 Å². The van der Waals surface area contributed by atoms with Crippen molar-refractivity contribution in [1.82, 2.24) is 4.90 Å². The predicted octanol–water partition coefficient (Wildman–Crippen LogP) is 3.60. The Morgan fingerprint density at radius 2 is 1.78 bits per heavy atom. The minimum absolute atomic E-state index is 0.0946. The molecule has 5 heteroatoms. The molecule has 1 atom stereocenters. The summed E-state index contributed by atoms with van der Waals surface area (Å²) in [7, 11) is 0. The zero-order chi connectivity index (χ0) is 18.9. The van der Waals surface area contributed by atoms with E-state index in [-0.39, 0.29) is 29.9 Å². The van der Waals surface area contributed by atoms with Crippen LogP contribution in [0.15, 0.2) is 12.2 Å². The topological polar surface area (TPSA) is 70.4 Å². The molecule has 0 saturated heterocycles. The predicted molar refractivity (Wildman–Crippen MR) is 100 cm³/mol. The Labute approximate surface area is 161 Å². The highest BCUT2D eigenvalue weighted by molar-refractivity contribution is 5.82. The van der Waals surface area contributed by atoms with Gasteiger partial charge < -0.3 is 9.64 Å². The van der Waals surface area contributed by atoms with E-state index in [1.165, 1.54) is 19.3 Å². The van der Waals surface area contributed by atoms with E-state index < -0.39 is 0 Å². The highest BCUT2D eigenvalue weighted by Gasteiger charge is 2.54. The summed E-state index contributed by atoms with van der Waals surface area (Å²) in [6, 6.07) is 2.19. The van der Waals surface area contributed by atoms with Crippen LogP contribution >= 0.6 is 0 Å². The maximum Gasteiger partial charge on any atom is 0.309 e. The molecule has 1 amide bonds. The Morgan fingerprint density at radius 1 is 1.11 bits per heavy atom. The molecule has 0 radical (unpaired) electrons. The number of carbonyl (C=O) groups is 2. The second-order valence-electron chi connectivity index (χ2n) is 9.18. The van der Waals surface area contributed by atoms with Gasteiger partial charge in [0.25, 0.3) is 5.91 Å². The summed E-state index contributed by atoms with van der Waals surface area (Å²) in [4.78, 5) is 27.3. The van der Waals surface area contributed by atoms with Crippen molar-refractivity contribution >= 4 is 11.9 Å². The zero-order valence-corrected chi connectivity index (χ0v) is 16.1. The van der Waals surface area contributed by atoms with Crippen molar-refractivity contribution in [3.05, 3.63) is 12.2 Å². The lowest BCUT2D eigenvalue weighted by molar-refractivity contribution is -0.164. The van der Waals surface area contributed by atoms with E-state index in [4.69, 9.17) is 10.00 Å². The monoisotopic (exact) mass is 370 g/mol. The number of ether oxygens (including phenoxy) is 1. The van der Waals surface area contributed by atoms with Gasteiger partial charge in [0, 0.05) is 12.1 Å². The molecule has 0 spiro atoms. The Kier molecular flexibility index (Phi) is 5.25. The third-order valence-corrected chi connectivity index (χ3v) is 7.27. The molecular weight excluding hydrogens is 340 g/mol. The lowest BCUT2D eigenvalue weighted by Gasteiger charge is -2.60. The number of nitrogens with zero attached hydrogens (tertiary/aromatic N) is 2. The molecule has 0 unspecified atom stereocenters. The van der Waals surface area contributed by atoms with Crippen molar-refractivity contribution < 1.29 is 14.3 Å². The van der Waals surface area contributed by atoms with Crippen LogP contribution in [-0.4, -0.2) is 35.5 Å². The van der Waals surface area contributed by atoms with Gasteiger partial charge in [0.05, 0.1) is 18.4 Å². The first kappa shape index (κ1) is 18.5. The molecule has 4 bridgehead atoms. The number of amides is 1. The number of nitriles is 1. The maximum atomic E-state index is 13.1. The van der Waals surface area contributed by atoms with Crippen molar-refractivity contribution in [2.45, 2.75) is 69.7 Å². The molecule has 0 aromatic heterocycles. The molecular formula is C22H30N2O3. The lowest BCUT2D eigenvalue weighted by Crippen LogP contribution is -2.62. The average molecular weight is 370 g/mol. The van der Waals surface area contributed by atoms with Crippen molar-refractivity contribution in [3.63, 3.8) is 0 Å². The van der Waals surface area contributed by atoms with Crippen LogP contribution in [0, 0.1) is 35.0 Å². The van der Waals surface area contributed by atoms with Crippen molar-refractivity contribution in [2.24, 2.45) is 23.7 Å². The van der Waals surface area contributed by atoms with Crippen molar-refractivity contribution in [3.8, 4) is 6.07 Å². The van der Waals surface area contributed by atoms with Crippen LogP contribution in [0.5, 0.6) is 0 Å². The first-order valence-corrected chi connectivity index (χ1v) is 10.6. The van der Waals surface area contributed by atoms with Gasteiger partial charge in [-0.1, -0.05) is 12.2 Å². The van der Waals surface area contributed by atoms with Gasteiger partial charge in [-0.05, 0) is 75.5 Å². The summed E-state index contributed by atoms with van der Waals surface area (Å²) in [5.74, 6) is 1.71. The highest BCUT2D eigenvalue weighted by Crippen LogP contribution is 2.57. The van der Waals surface area contributed by atoms with Gasteiger partial charge >= 0.3 is 5.97 Å². The Balaban J connectivity index is 1.42. The lowest BCUT2D eigenvalue weighted by atomic mass is 9.52. The van der Waals surface area contributed by atoms with Crippen LogP contribution in [-0.2, 0) is 14.3 Å². The van der Waals surface area contributed by atoms with Crippen LogP contribution in [0.25, 0.3) is 0 Å². The van der Waals surface area contributed by atoms with E-state index in [9.17, 15) is 9.59 Å². The van der Waals surface area contributed by atoms with E-state index in [0.29, 0.717) is 19.4 Å². The van der Waals surface area contributed by atoms with Gasteiger partial charge in [-0.2, -0.15) is 5.26 Å². The third kappa shape index (κ3) is 3.77. The van der Waals surface area contributed by atoms with Gasteiger partial charge in [0.2, 0.25) is 0 Å². The fraction of sp³-hybridized carbons (Fsp3) is 0.773. The van der Waals surface area contributed by atoms with E-state index in [1.807, 2.05) is 11.0 Å². The van der Waals surface area contributed by atoms with E-state index in [1.54, 1.807) is 0 Å². The molecule has 4 fully saturated rings. The molecule has 0 aliphatic heterocycles. The fourth-order valence-electron chi connectivity index (χ4n) is 6.52. The summed E-state index contributed by atoms with van der Waals surface area (Å²) in [6.45, 7) is 0.289. The molecule has 27 heavy (non-hydrogen) atoms. The smallest absolute Gasteiger partial charge is 0.309 e. The molecule has 0 heterocycles. The quantitative estimate of drug-likeness (QED) is 0.529. The van der Waals surface area contributed by atoms with Gasteiger partial charge in [-0.25, -0.2) is 0 Å². The van der Waals surface area contributed by atoms with Gasteiger partial charge in [-0.15, -0.1) is 0 Å². The van der Waals surface area contributed by atoms with E-state index in [2.05, 4.69) is 12.1 Å². The molecule has 5 aliphatic carbocycles. The second-order valence-corrected chi connectivity index (χ2v) is 9.18. The summed E-state index contributed by atoms with van der Waals surface area (Å²) >= 11 is 0. The van der Waals surface area contributed by atoms with Crippen molar-refractivity contribution in [2.75, 3.05) is 13.2 Å². The molecule has 5 nitrogen and oxygen atoms in total.